The highest BCUT2D eigenvalue weighted by Gasteiger charge is 2.36. The largest absolute Gasteiger partial charge is 0.453 e. The Morgan fingerprint density at radius 2 is 1.44 bits per heavy atom. The van der Waals surface area contributed by atoms with E-state index in [1.54, 1.807) is 46.2 Å². The van der Waals surface area contributed by atoms with Crippen LogP contribution in [0.4, 0.5) is 10.5 Å². The number of hydrogen-bond acceptors (Lipinski definition) is 5. The highest BCUT2D eigenvalue weighted by atomic mass is 16.5. The monoisotopic (exact) mass is 526 g/mol. The third-order valence-corrected chi connectivity index (χ3v) is 7.01. The van der Waals surface area contributed by atoms with E-state index in [9.17, 15) is 19.2 Å². The molecule has 4 amide bonds. The molecule has 2 heterocycles. The van der Waals surface area contributed by atoms with Gasteiger partial charge in [0.25, 0.3) is 5.91 Å². The predicted molar refractivity (Wildman–Crippen MR) is 145 cm³/mol. The fraction of sp³-hybridized carbons (Fsp3) is 0.267. The second-order valence-electron chi connectivity index (χ2n) is 9.54. The summed E-state index contributed by atoms with van der Waals surface area (Å²) in [6.07, 6.45) is -0.767. The van der Waals surface area contributed by atoms with Crippen LogP contribution in [0, 0.1) is 0 Å². The first-order valence-electron chi connectivity index (χ1n) is 12.9. The molecule has 2 aliphatic rings. The van der Waals surface area contributed by atoms with Gasteiger partial charge in [-0.3, -0.25) is 19.3 Å². The summed E-state index contributed by atoms with van der Waals surface area (Å²) in [4.78, 5) is 56.6. The lowest BCUT2D eigenvalue weighted by molar-refractivity contribution is -0.144. The van der Waals surface area contributed by atoms with Crippen molar-refractivity contribution in [2.75, 3.05) is 37.6 Å². The van der Waals surface area contributed by atoms with Crippen molar-refractivity contribution in [2.24, 2.45) is 0 Å². The van der Waals surface area contributed by atoms with Gasteiger partial charge in [0.1, 0.15) is 6.54 Å². The van der Waals surface area contributed by atoms with Crippen LogP contribution in [0.15, 0.2) is 78.9 Å². The fourth-order valence-corrected chi connectivity index (χ4v) is 5.03. The minimum absolute atomic E-state index is 0.169. The molecule has 9 nitrogen and oxygen atoms in total. The van der Waals surface area contributed by atoms with Gasteiger partial charge in [0, 0.05) is 56.3 Å². The zero-order valence-electron chi connectivity index (χ0n) is 21.7. The van der Waals surface area contributed by atoms with E-state index in [1.807, 2.05) is 42.5 Å². The standard InChI is InChI=1S/C30H30N4O5/c1-21(35)39-28-23-11-5-6-12-24(23)29(37)34(26-14-8-7-13-25(26)28)20-27(36)32-15-17-33(18-16-32)30(38)31-19-22-9-3-2-4-10-22/h2-14,28H,15-20H2,1H3,(H,31,38). The second-order valence-corrected chi connectivity index (χ2v) is 9.54. The molecule has 2 aliphatic heterocycles. The zero-order chi connectivity index (χ0) is 27.4. The number of esters is 1. The number of fused-ring (bicyclic) bond motifs is 2. The number of hydrogen-bond donors (Lipinski definition) is 1. The summed E-state index contributed by atoms with van der Waals surface area (Å²) in [5.74, 6) is -1.02. The lowest BCUT2D eigenvalue weighted by Gasteiger charge is -2.36. The first-order valence-corrected chi connectivity index (χ1v) is 12.9. The van der Waals surface area contributed by atoms with Crippen LogP contribution in [0.2, 0.25) is 0 Å². The molecule has 1 atom stereocenters. The van der Waals surface area contributed by atoms with Gasteiger partial charge in [-0.05, 0) is 17.7 Å². The van der Waals surface area contributed by atoms with Crippen LogP contribution in [-0.4, -0.2) is 66.3 Å². The molecule has 1 N–H and O–H groups in total. The maximum absolute atomic E-state index is 13.7. The lowest BCUT2D eigenvalue weighted by Crippen LogP contribution is -2.55. The van der Waals surface area contributed by atoms with Crippen molar-refractivity contribution < 1.29 is 23.9 Å². The Hall–Kier alpha value is -4.66. The normalized spacial score (nSPS) is 16.6. The van der Waals surface area contributed by atoms with E-state index < -0.39 is 12.1 Å². The predicted octanol–water partition coefficient (Wildman–Crippen LogP) is 3.35. The van der Waals surface area contributed by atoms with Gasteiger partial charge < -0.3 is 19.9 Å². The molecule has 0 aromatic heterocycles. The highest BCUT2D eigenvalue weighted by Crippen LogP contribution is 2.39. The maximum atomic E-state index is 13.7. The number of carbonyl (C=O) groups is 4. The van der Waals surface area contributed by atoms with Crippen LogP contribution in [-0.2, 0) is 20.9 Å². The Labute approximate surface area is 227 Å². The molecule has 1 fully saturated rings. The Bertz CT molecular complexity index is 1380. The molecule has 0 bridgehead atoms. The summed E-state index contributed by atoms with van der Waals surface area (Å²) >= 11 is 0. The molecule has 1 unspecified atom stereocenters. The minimum Gasteiger partial charge on any atom is -0.453 e. The van der Waals surface area contributed by atoms with Crippen LogP contribution in [0.3, 0.4) is 0 Å². The van der Waals surface area contributed by atoms with Crippen molar-refractivity contribution in [3.05, 3.63) is 101 Å². The lowest BCUT2D eigenvalue weighted by atomic mass is 9.97. The van der Waals surface area contributed by atoms with Gasteiger partial charge in [0.15, 0.2) is 6.10 Å². The van der Waals surface area contributed by atoms with Gasteiger partial charge >= 0.3 is 12.0 Å². The van der Waals surface area contributed by atoms with Crippen LogP contribution >= 0.6 is 0 Å². The number of piperazine rings is 1. The van der Waals surface area contributed by atoms with Crippen molar-refractivity contribution in [2.45, 2.75) is 19.6 Å². The van der Waals surface area contributed by atoms with E-state index in [2.05, 4.69) is 5.32 Å². The molecule has 1 saturated heterocycles. The maximum Gasteiger partial charge on any atom is 0.317 e. The highest BCUT2D eigenvalue weighted by molar-refractivity contribution is 6.11. The van der Waals surface area contributed by atoms with Gasteiger partial charge in [-0.25, -0.2) is 4.79 Å². The third kappa shape index (κ3) is 5.62. The van der Waals surface area contributed by atoms with Crippen LogP contribution in [0.1, 0.15) is 40.1 Å². The van der Waals surface area contributed by atoms with Crippen molar-refractivity contribution in [3.63, 3.8) is 0 Å². The molecule has 39 heavy (non-hydrogen) atoms. The number of anilines is 1. The Morgan fingerprint density at radius 1 is 0.821 bits per heavy atom. The van der Waals surface area contributed by atoms with E-state index in [-0.39, 0.29) is 24.4 Å². The summed E-state index contributed by atoms with van der Waals surface area (Å²) in [6.45, 7) is 3.13. The topological polar surface area (TPSA) is 99.3 Å². The molecule has 0 aliphatic carbocycles. The Kier molecular flexibility index (Phi) is 7.58. The molecule has 3 aromatic carbocycles. The van der Waals surface area contributed by atoms with E-state index >= 15 is 0 Å². The van der Waals surface area contributed by atoms with Crippen molar-refractivity contribution in [3.8, 4) is 0 Å². The molecule has 200 valence electrons. The summed E-state index contributed by atoms with van der Waals surface area (Å²) in [6, 6.07) is 23.7. The number of nitrogens with one attached hydrogen (secondary N) is 1. The number of benzene rings is 3. The zero-order valence-corrected chi connectivity index (χ0v) is 21.7. The molecular weight excluding hydrogens is 496 g/mol. The summed E-state index contributed by atoms with van der Waals surface area (Å²) in [7, 11) is 0. The number of para-hydroxylation sites is 1. The Balaban J connectivity index is 1.29. The van der Waals surface area contributed by atoms with Gasteiger partial charge in [0.05, 0.1) is 5.69 Å². The van der Waals surface area contributed by atoms with Crippen LogP contribution in [0.25, 0.3) is 0 Å². The van der Waals surface area contributed by atoms with Crippen molar-refractivity contribution >= 4 is 29.5 Å². The number of urea groups is 1. The number of ether oxygens (including phenoxy) is 1. The number of amides is 4. The summed E-state index contributed by atoms with van der Waals surface area (Å²) < 4.78 is 5.67. The first kappa shape index (κ1) is 26.0. The molecular formula is C30H30N4O5. The third-order valence-electron chi connectivity index (χ3n) is 7.01. The average molecular weight is 527 g/mol. The SMILES string of the molecule is CC(=O)OC1c2ccccc2C(=O)N(CC(=O)N2CCN(C(=O)NCc3ccccc3)CC2)c2ccccc21. The first-order chi connectivity index (χ1) is 18.9. The molecule has 9 heteroatoms. The molecule has 0 saturated carbocycles. The van der Waals surface area contributed by atoms with E-state index in [0.29, 0.717) is 55.1 Å². The molecule has 3 aromatic rings. The fourth-order valence-electron chi connectivity index (χ4n) is 5.03. The molecule has 0 radical (unpaired) electrons. The average Bonchev–Trinajstić information content (AvgIpc) is 3.06. The minimum atomic E-state index is -0.767. The smallest absolute Gasteiger partial charge is 0.317 e. The van der Waals surface area contributed by atoms with E-state index in [1.165, 1.54) is 11.8 Å². The quantitative estimate of drug-likeness (QED) is 0.514. The van der Waals surface area contributed by atoms with Crippen molar-refractivity contribution in [1.29, 1.82) is 0 Å². The van der Waals surface area contributed by atoms with E-state index in [0.717, 1.165) is 5.56 Å². The van der Waals surface area contributed by atoms with Gasteiger partial charge in [-0.1, -0.05) is 66.7 Å². The van der Waals surface area contributed by atoms with E-state index in [4.69, 9.17) is 4.74 Å². The summed E-state index contributed by atoms with van der Waals surface area (Å²) in [5.41, 5.74) is 3.14. The molecule has 5 rings (SSSR count). The number of rotatable bonds is 5. The summed E-state index contributed by atoms with van der Waals surface area (Å²) in [5, 5.41) is 2.92. The van der Waals surface area contributed by atoms with Gasteiger partial charge in [-0.2, -0.15) is 0 Å². The Morgan fingerprint density at radius 3 is 2.15 bits per heavy atom. The van der Waals surface area contributed by atoms with Crippen molar-refractivity contribution in [1.82, 2.24) is 15.1 Å². The molecule has 0 spiro atoms. The number of nitrogens with zero attached hydrogens (tertiary/aromatic N) is 3. The van der Waals surface area contributed by atoms with Crippen LogP contribution in [0.5, 0.6) is 0 Å². The van der Waals surface area contributed by atoms with Gasteiger partial charge in [-0.15, -0.1) is 0 Å². The second kappa shape index (κ2) is 11.4. The number of carbonyl (C=O) groups excluding carboxylic acids is 4. The van der Waals surface area contributed by atoms with Gasteiger partial charge in [0.2, 0.25) is 5.91 Å². The van der Waals surface area contributed by atoms with Crippen LogP contribution < -0.4 is 10.2 Å².